The molecule has 15 heavy (non-hydrogen) atoms. The van der Waals surface area contributed by atoms with Gasteiger partial charge in [-0.25, -0.2) is 0 Å². The molecule has 0 saturated heterocycles. The highest BCUT2D eigenvalue weighted by molar-refractivity contribution is 9.13. The molecule has 0 aliphatic rings. The number of unbranched alkanes of at least 4 members (excludes halogenated alkanes) is 3. The molecule has 0 saturated carbocycles. The standard InChI is InChI=1S/C12H16Br2O/c1-2-3-4-5-8-15-10-6-7-11(13)12(14)9-10/h6-7,9H,2-5,8H2,1H3. The lowest BCUT2D eigenvalue weighted by Gasteiger charge is -2.06. The molecule has 3 heteroatoms. The minimum atomic E-state index is 0.814. The van der Waals surface area contributed by atoms with E-state index in [0.717, 1.165) is 27.7 Å². The van der Waals surface area contributed by atoms with E-state index in [0.29, 0.717) is 0 Å². The first-order valence-corrected chi connectivity index (χ1v) is 6.90. The van der Waals surface area contributed by atoms with Crippen LogP contribution in [0.1, 0.15) is 32.6 Å². The Bertz CT molecular complexity index is 300. The van der Waals surface area contributed by atoms with E-state index >= 15 is 0 Å². The van der Waals surface area contributed by atoms with Gasteiger partial charge in [0.05, 0.1) is 6.61 Å². The Hall–Kier alpha value is -0.0200. The van der Waals surface area contributed by atoms with E-state index in [4.69, 9.17) is 4.74 Å². The molecule has 0 radical (unpaired) electrons. The Morgan fingerprint density at radius 3 is 2.53 bits per heavy atom. The number of halogens is 2. The van der Waals surface area contributed by atoms with Crippen molar-refractivity contribution >= 4 is 31.9 Å². The normalized spacial score (nSPS) is 10.3. The third-order valence-electron chi connectivity index (χ3n) is 2.16. The quantitative estimate of drug-likeness (QED) is 0.651. The second-order valence-electron chi connectivity index (χ2n) is 3.49. The van der Waals surface area contributed by atoms with Crippen LogP contribution in [0, 0.1) is 0 Å². The fourth-order valence-corrected chi connectivity index (χ4v) is 1.89. The molecule has 0 unspecified atom stereocenters. The van der Waals surface area contributed by atoms with E-state index in [-0.39, 0.29) is 0 Å². The van der Waals surface area contributed by atoms with E-state index in [1.54, 1.807) is 0 Å². The molecular weight excluding hydrogens is 320 g/mol. The van der Waals surface area contributed by atoms with Gasteiger partial charge in [-0.3, -0.25) is 0 Å². The number of ether oxygens (including phenoxy) is 1. The Balaban J connectivity index is 2.28. The van der Waals surface area contributed by atoms with Crippen molar-refractivity contribution in [3.05, 3.63) is 27.1 Å². The lowest BCUT2D eigenvalue weighted by molar-refractivity contribution is 0.305. The summed E-state index contributed by atoms with van der Waals surface area (Å²) < 4.78 is 7.73. The maximum Gasteiger partial charge on any atom is 0.120 e. The second kappa shape index (κ2) is 7.29. The van der Waals surface area contributed by atoms with Crippen molar-refractivity contribution in [2.45, 2.75) is 32.6 Å². The van der Waals surface area contributed by atoms with Gasteiger partial charge in [-0.15, -0.1) is 0 Å². The second-order valence-corrected chi connectivity index (χ2v) is 5.19. The fourth-order valence-electron chi connectivity index (χ4n) is 1.29. The zero-order valence-electron chi connectivity index (χ0n) is 8.93. The Morgan fingerprint density at radius 2 is 1.87 bits per heavy atom. The first-order chi connectivity index (χ1) is 7.24. The van der Waals surface area contributed by atoms with Crippen LogP contribution in [-0.4, -0.2) is 6.61 Å². The molecule has 0 aliphatic heterocycles. The van der Waals surface area contributed by atoms with Crippen LogP contribution in [0.15, 0.2) is 27.1 Å². The minimum absolute atomic E-state index is 0.814. The molecule has 0 N–H and O–H groups in total. The third-order valence-corrected chi connectivity index (χ3v) is 4.04. The average Bonchev–Trinajstić information content (AvgIpc) is 2.23. The van der Waals surface area contributed by atoms with Gasteiger partial charge >= 0.3 is 0 Å². The van der Waals surface area contributed by atoms with E-state index in [2.05, 4.69) is 38.8 Å². The molecular formula is C12H16Br2O. The van der Waals surface area contributed by atoms with Gasteiger partial charge in [-0.2, -0.15) is 0 Å². The predicted molar refractivity (Wildman–Crippen MR) is 71.5 cm³/mol. The lowest BCUT2D eigenvalue weighted by atomic mass is 10.2. The zero-order chi connectivity index (χ0) is 11.1. The van der Waals surface area contributed by atoms with E-state index < -0.39 is 0 Å². The molecule has 0 spiro atoms. The number of rotatable bonds is 6. The monoisotopic (exact) mass is 334 g/mol. The van der Waals surface area contributed by atoms with E-state index in [1.165, 1.54) is 19.3 Å². The van der Waals surface area contributed by atoms with Crippen molar-refractivity contribution in [2.24, 2.45) is 0 Å². The first kappa shape index (κ1) is 13.0. The molecule has 0 bridgehead atoms. The highest BCUT2D eigenvalue weighted by atomic mass is 79.9. The molecule has 0 fully saturated rings. The summed E-state index contributed by atoms with van der Waals surface area (Å²) in [7, 11) is 0. The molecule has 84 valence electrons. The van der Waals surface area contributed by atoms with Crippen molar-refractivity contribution in [1.29, 1.82) is 0 Å². The number of benzene rings is 1. The molecule has 0 heterocycles. The summed E-state index contributed by atoms with van der Waals surface area (Å²) in [5.41, 5.74) is 0. The summed E-state index contributed by atoms with van der Waals surface area (Å²) in [4.78, 5) is 0. The summed E-state index contributed by atoms with van der Waals surface area (Å²) in [6, 6.07) is 5.96. The van der Waals surface area contributed by atoms with Crippen LogP contribution in [0.4, 0.5) is 0 Å². The average molecular weight is 336 g/mol. The van der Waals surface area contributed by atoms with Crippen LogP contribution in [0.25, 0.3) is 0 Å². The zero-order valence-corrected chi connectivity index (χ0v) is 12.1. The molecule has 1 aromatic carbocycles. The van der Waals surface area contributed by atoms with Crippen molar-refractivity contribution in [1.82, 2.24) is 0 Å². The fraction of sp³-hybridized carbons (Fsp3) is 0.500. The van der Waals surface area contributed by atoms with Crippen LogP contribution in [0.3, 0.4) is 0 Å². The number of hydrogen-bond acceptors (Lipinski definition) is 1. The SMILES string of the molecule is CCCCCCOc1ccc(Br)c(Br)c1. The maximum absolute atomic E-state index is 5.64. The molecule has 1 rings (SSSR count). The van der Waals surface area contributed by atoms with Crippen LogP contribution in [0.2, 0.25) is 0 Å². The van der Waals surface area contributed by atoms with Gasteiger partial charge in [0.2, 0.25) is 0 Å². The van der Waals surface area contributed by atoms with Crippen molar-refractivity contribution in [3.8, 4) is 5.75 Å². The van der Waals surface area contributed by atoms with Gasteiger partial charge in [0, 0.05) is 8.95 Å². The van der Waals surface area contributed by atoms with E-state index in [1.807, 2.05) is 18.2 Å². The van der Waals surface area contributed by atoms with Gasteiger partial charge < -0.3 is 4.74 Å². The topological polar surface area (TPSA) is 9.23 Å². The summed E-state index contributed by atoms with van der Waals surface area (Å²) in [6.07, 6.45) is 4.97. The Kier molecular flexibility index (Phi) is 6.34. The largest absolute Gasteiger partial charge is 0.494 e. The molecule has 1 nitrogen and oxygen atoms in total. The van der Waals surface area contributed by atoms with Crippen LogP contribution in [0.5, 0.6) is 5.75 Å². The van der Waals surface area contributed by atoms with Crippen LogP contribution in [-0.2, 0) is 0 Å². The molecule has 0 aliphatic carbocycles. The van der Waals surface area contributed by atoms with Gasteiger partial charge in [0.1, 0.15) is 5.75 Å². The third kappa shape index (κ3) is 5.03. The minimum Gasteiger partial charge on any atom is -0.494 e. The Morgan fingerprint density at radius 1 is 1.07 bits per heavy atom. The van der Waals surface area contributed by atoms with Crippen molar-refractivity contribution < 1.29 is 4.74 Å². The van der Waals surface area contributed by atoms with Gasteiger partial charge in [-0.1, -0.05) is 26.2 Å². The smallest absolute Gasteiger partial charge is 0.120 e. The molecule has 0 amide bonds. The summed E-state index contributed by atoms with van der Waals surface area (Å²) in [6.45, 7) is 3.03. The highest BCUT2D eigenvalue weighted by Crippen LogP contribution is 2.27. The number of hydrogen-bond donors (Lipinski definition) is 0. The van der Waals surface area contributed by atoms with Crippen LogP contribution >= 0.6 is 31.9 Å². The van der Waals surface area contributed by atoms with Crippen molar-refractivity contribution in [3.63, 3.8) is 0 Å². The van der Waals surface area contributed by atoms with Gasteiger partial charge in [0.25, 0.3) is 0 Å². The Labute approximate surface area is 108 Å². The first-order valence-electron chi connectivity index (χ1n) is 5.32. The van der Waals surface area contributed by atoms with Gasteiger partial charge in [-0.05, 0) is 56.5 Å². The lowest BCUT2D eigenvalue weighted by Crippen LogP contribution is -1.97. The highest BCUT2D eigenvalue weighted by Gasteiger charge is 1.99. The molecule has 1 aromatic rings. The summed E-state index contributed by atoms with van der Waals surface area (Å²) >= 11 is 6.88. The summed E-state index contributed by atoms with van der Waals surface area (Å²) in [5.74, 6) is 0.932. The van der Waals surface area contributed by atoms with Crippen molar-refractivity contribution in [2.75, 3.05) is 6.61 Å². The molecule has 0 aromatic heterocycles. The van der Waals surface area contributed by atoms with Gasteiger partial charge in [0.15, 0.2) is 0 Å². The van der Waals surface area contributed by atoms with Crippen LogP contribution < -0.4 is 4.74 Å². The summed E-state index contributed by atoms with van der Waals surface area (Å²) in [5, 5.41) is 0. The maximum atomic E-state index is 5.64. The predicted octanol–water partition coefficient (Wildman–Crippen LogP) is 5.17. The van der Waals surface area contributed by atoms with E-state index in [9.17, 15) is 0 Å². The molecule has 0 atom stereocenters.